The minimum atomic E-state index is -0.220. The van der Waals surface area contributed by atoms with Crippen molar-refractivity contribution in [3.05, 3.63) is 30.3 Å². The molecular formula is C19H22N4O2S. The minimum Gasteiger partial charge on any atom is -0.453 e. The van der Waals surface area contributed by atoms with E-state index in [1.54, 1.807) is 0 Å². The van der Waals surface area contributed by atoms with Crippen LogP contribution in [0.25, 0.3) is 22.6 Å². The minimum absolute atomic E-state index is 0.0650. The topological polar surface area (TPSA) is 73.0 Å². The fourth-order valence-electron chi connectivity index (χ4n) is 3.32. The molecule has 6 nitrogen and oxygen atoms in total. The molecule has 3 aromatic rings. The van der Waals surface area contributed by atoms with Crippen molar-refractivity contribution in [3.63, 3.8) is 0 Å². The van der Waals surface area contributed by atoms with Gasteiger partial charge in [0.2, 0.25) is 5.91 Å². The molecule has 136 valence electrons. The van der Waals surface area contributed by atoms with Crippen molar-refractivity contribution in [1.82, 2.24) is 20.1 Å². The van der Waals surface area contributed by atoms with Crippen LogP contribution in [0.15, 0.2) is 39.9 Å². The van der Waals surface area contributed by atoms with Crippen LogP contribution in [0.2, 0.25) is 0 Å². The Morgan fingerprint density at radius 2 is 2.08 bits per heavy atom. The number of thioether (sulfide) groups is 1. The number of carbonyl (C=O) groups excluding carboxylic acids is 1. The average Bonchev–Trinajstić information content (AvgIpc) is 3.35. The number of carbonyl (C=O) groups is 1. The lowest BCUT2D eigenvalue weighted by Crippen LogP contribution is -2.37. The van der Waals surface area contributed by atoms with Gasteiger partial charge in [0.1, 0.15) is 5.58 Å². The van der Waals surface area contributed by atoms with Crippen molar-refractivity contribution in [2.45, 2.75) is 49.1 Å². The molecule has 0 saturated heterocycles. The Kier molecular flexibility index (Phi) is 4.72. The third kappa shape index (κ3) is 3.35. The van der Waals surface area contributed by atoms with Gasteiger partial charge in [-0.05, 0) is 31.9 Å². The largest absolute Gasteiger partial charge is 0.453 e. The van der Waals surface area contributed by atoms with Crippen LogP contribution in [0, 0.1) is 0 Å². The Morgan fingerprint density at radius 1 is 1.31 bits per heavy atom. The highest BCUT2D eigenvalue weighted by molar-refractivity contribution is 8.00. The van der Waals surface area contributed by atoms with Gasteiger partial charge in [-0.2, -0.15) is 0 Å². The third-order valence-electron chi connectivity index (χ3n) is 4.83. The molecule has 1 N–H and O–H groups in total. The standard InChI is InChI=1S/C19H22N4O2S/c1-12(18(24)20-14-8-4-5-9-14)26-19-22-21-17(23(19)2)16-11-13-7-3-6-10-15(13)25-16/h3,6-7,10-12,14H,4-5,8-9H2,1-2H3,(H,20,24)/t12-/m0/s1. The summed E-state index contributed by atoms with van der Waals surface area (Å²) in [6.07, 6.45) is 4.58. The predicted octanol–water partition coefficient (Wildman–Crippen LogP) is 3.77. The molecule has 1 amide bonds. The second-order valence-electron chi connectivity index (χ2n) is 6.76. The zero-order valence-corrected chi connectivity index (χ0v) is 15.8. The summed E-state index contributed by atoms with van der Waals surface area (Å²) in [5.74, 6) is 1.40. The van der Waals surface area contributed by atoms with Crippen molar-refractivity contribution in [2.24, 2.45) is 7.05 Å². The summed E-state index contributed by atoms with van der Waals surface area (Å²) in [5.41, 5.74) is 0.823. The lowest BCUT2D eigenvalue weighted by atomic mass is 10.2. The number of para-hydroxylation sites is 1. The first-order chi connectivity index (χ1) is 12.6. The molecule has 2 heterocycles. The molecule has 0 spiro atoms. The number of aromatic nitrogens is 3. The lowest BCUT2D eigenvalue weighted by Gasteiger charge is -2.15. The Hall–Kier alpha value is -2.28. The van der Waals surface area contributed by atoms with E-state index in [2.05, 4.69) is 15.5 Å². The Morgan fingerprint density at radius 3 is 2.85 bits per heavy atom. The second-order valence-corrected chi connectivity index (χ2v) is 8.07. The van der Waals surface area contributed by atoms with Crippen LogP contribution < -0.4 is 5.32 Å². The maximum Gasteiger partial charge on any atom is 0.233 e. The van der Waals surface area contributed by atoms with E-state index in [0.717, 1.165) is 23.8 Å². The number of nitrogens with zero attached hydrogens (tertiary/aromatic N) is 3. The monoisotopic (exact) mass is 370 g/mol. The van der Waals surface area contributed by atoms with E-state index < -0.39 is 0 Å². The van der Waals surface area contributed by atoms with Gasteiger partial charge in [-0.25, -0.2) is 0 Å². The molecule has 4 rings (SSSR count). The molecule has 1 atom stereocenters. The molecule has 1 saturated carbocycles. The van der Waals surface area contributed by atoms with Crippen molar-refractivity contribution in [1.29, 1.82) is 0 Å². The number of benzene rings is 1. The molecule has 0 unspecified atom stereocenters. The Bertz CT molecular complexity index is 894. The summed E-state index contributed by atoms with van der Waals surface area (Å²) in [4.78, 5) is 12.4. The Labute approximate surface area is 156 Å². The van der Waals surface area contributed by atoms with Gasteiger partial charge >= 0.3 is 0 Å². The highest BCUT2D eigenvalue weighted by Gasteiger charge is 2.24. The summed E-state index contributed by atoms with van der Waals surface area (Å²) in [6.45, 7) is 1.91. The van der Waals surface area contributed by atoms with Gasteiger partial charge in [0.15, 0.2) is 16.7 Å². The van der Waals surface area contributed by atoms with Crippen LogP contribution in [-0.4, -0.2) is 32.0 Å². The lowest BCUT2D eigenvalue weighted by molar-refractivity contribution is -0.120. The van der Waals surface area contributed by atoms with E-state index in [9.17, 15) is 4.79 Å². The molecule has 1 aliphatic rings. The quantitative estimate of drug-likeness (QED) is 0.692. The molecule has 0 aliphatic heterocycles. The maximum absolute atomic E-state index is 12.4. The molecule has 1 aliphatic carbocycles. The van der Waals surface area contributed by atoms with Crippen LogP contribution in [-0.2, 0) is 11.8 Å². The van der Waals surface area contributed by atoms with Gasteiger partial charge in [-0.3, -0.25) is 4.79 Å². The van der Waals surface area contributed by atoms with Crippen LogP contribution >= 0.6 is 11.8 Å². The van der Waals surface area contributed by atoms with E-state index in [0.29, 0.717) is 22.8 Å². The first-order valence-electron chi connectivity index (χ1n) is 8.97. The van der Waals surface area contributed by atoms with Gasteiger partial charge in [0.25, 0.3) is 0 Å². The van der Waals surface area contributed by atoms with Crippen molar-refractivity contribution in [2.75, 3.05) is 0 Å². The molecule has 1 aromatic carbocycles. The van der Waals surface area contributed by atoms with E-state index in [4.69, 9.17) is 4.42 Å². The highest BCUT2D eigenvalue weighted by atomic mass is 32.2. The normalized spacial score (nSPS) is 16.2. The van der Waals surface area contributed by atoms with Gasteiger partial charge < -0.3 is 14.3 Å². The number of nitrogens with one attached hydrogen (secondary N) is 1. The van der Waals surface area contributed by atoms with Gasteiger partial charge in [-0.1, -0.05) is 42.8 Å². The van der Waals surface area contributed by atoms with Crippen LogP contribution in [0.4, 0.5) is 0 Å². The summed E-state index contributed by atoms with van der Waals surface area (Å²) < 4.78 is 7.75. The predicted molar refractivity (Wildman–Crippen MR) is 102 cm³/mol. The second kappa shape index (κ2) is 7.15. The van der Waals surface area contributed by atoms with E-state index in [-0.39, 0.29) is 11.2 Å². The average molecular weight is 370 g/mol. The van der Waals surface area contributed by atoms with Crippen LogP contribution in [0.1, 0.15) is 32.6 Å². The molecule has 2 aromatic heterocycles. The van der Waals surface area contributed by atoms with E-state index >= 15 is 0 Å². The van der Waals surface area contributed by atoms with E-state index in [1.807, 2.05) is 48.9 Å². The highest BCUT2D eigenvalue weighted by Crippen LogP contribution is 2.30. The zero-order chi connectivity index (χ0) is 18.1. The summed E-state index contributed by atoms with van der Waals surface area (Å²) in [5, 5.41) is 13.2. The van der Waals surface area contributed by atoms with Crippen LogP contribution in [0.5, 0.6) is 0 Å². The molecule has 0 bridgehead atoms. The fourth-order valence-corrected chi connectivity index (χ4v) is 4.15. The number of hydrogen-bond acceptors (Lipinski definition) is 5. The summed E-state index contributed by atoms with van der Waals surface area (Å²) >= 11 is 1.42. The summed E-state index contributed by atoms with van der Waals surface area (Å²) in [6, 6.07) is 10.1. The molecule has 1 fully saturated rings. The number of furan rings is 1. The van der Waals surface area contributed by atoms with Crippen molar-refractivity contribution < 1.29 is 9.21 Å². The van der Waals surface area contributed by atoms with Gasteiger partial charge in [-0.15, -0.1) is 10.2 Å². The molecular weight excluding hydrogens is 348 g/mol. The first-order valence-corrected chi connectivity index (χ1v) is 9.85. The Balaban J connectivity index is 1.48. The maximum atomic E-state index is 12.4. The van der Waals surface area contributed by atoms with E-state index in [1.165, 1.54) is 24.6 Å². The molecule has 7 heteroatoms. The number of amides is 1. The zero-order valence-electron chi connectivity index (χ0n) is 14.9. The smallest absolute Gasteiger partial charge is 0.233 e. The number of hydrogen-bond donors (Lipinski definition) is 1. The third-order valence-corrected chi connectivity index (χ3v) is 5.97. The molecule has 0 radical (unpaired) electrons. The number of fused-ring (bicyclic) bond motifs is 1. The fraction of sp³-hybridized carbons (Fsp3) is 0.421. The van der Waals surface area contributed by atoms with Gasteiger partial charge in [0.05, 0.1) is 5.25 Å². The first kappa shape index (κ1) is 17.1. The SMILES string of the molecule is C[C@H](Sc1nnc(-c2cc3ccccc3o2)n1C)C(=O)NC1CCCC1. The van der Waals surface area contributed by atoms with Crippen molar-refractivity contribution >= 4 is 28.6 Å². The van der Waals surface area contributed by atoms with Crippen LogP contribution in [0.3, 0.4) is 0 Å². The number of rotatable bonds is 5. The molecule has 26 heavy (non-hydrogen) atoms. The van der Waals surface area contributed by atoms with Gasteiger partial charge in [0, 0.05) is 18.5 Å². The summed E-state index contributed by atoms with van der Waals surface area (Å²) in [7, 11) is 1.90. The van der Waals surface area contributed by atoms with Crippen molar-refractivity contribution in [3.8, 4) is 11.6 Å².